The van der Waals surface area contributed by atoms with E-state index >= 15 is 0 Å². The molecule has 3 rings (SSSR count). The van der Waals surface area contributed by atoms with E-state index in [0.29, 0.717) is 17.0 Å². The van der Waals surface area contributed by atoms with Crippen LogP contribution < -0.4 is 0 Å². The van der Waals surface area contributed by atoms with Gasteiger partial charge in [0.25, 0.3) is 5.91 Å². The fourth-order valence-corrected chi connectivity index (χ4v) is 2.82. The molecule has 1 aromatic carbocycles. The summed E-state index contributed by atoms with van der Waals surface area (Å²) in [6, 6.07) is 9.72. The van der Waals surface area contributed by atoms with Crippen molar-refractivity contribution in [2.24, 2.45) is 0 Å². The summed E-state index contributed by atoms with van der Waals surface area (Å²) in [4.78, 5) is 17.1. The largest absolute Gasteiger partial charge is 0.360 e. The van der Waals surface area contributed by atoms with Gasteiger partial charge in [0.2, 0.25) is 0 Å². The van der Waals surface area contributed by atoms with E-state index in [9.17, 15) is 4.79 Å². The van der Waals surface area contributed by atoms with Crippen LogP contribution in [0.3, 0.4) is 0 Å². The van der Waals surface area contributed by atoms with Crippen molar-refractivity contribution in [2.45, 2.75) is 13.3 Å². The molecule has 2 heterocycles. The van der Waals surface area contributed by atoms with Gasteiger partial charge in [0.1, 0.15) is 17.0 Å². The molecule has 0 bridgehead atoms. The molecule has 5 nitrogen and oxygen atoms in total. The number of likely N-dealkylation sites (N-methyl/N-ethyl adjacent to an activating group) is 1. The summed E-state index contributed by atoms with van der Waals surface area (Å²) in [6.45, 7) is 5.25. The Morgan fingerprint density at radius 1 is 1.14 bits per heavy atom. The second kappa shape index (κ2) is 6.32. The second-order valence-corrected chi connectivity index (χ2v) is 5.78. The zero-order valence-electron chi connectivity index (χ0n) is 13.1. The zero-order chi connectivity index (χ0) is 15.5. The van der Waals surface area contributed by atoms with Crippen LogP contribution in [0.25, 0.3) is 11.3 Å². The molecule has 5 heteroatoms. The van der Waals surface area contributed by atoms with Gasteiger partial charge in [-0.3, -0.25) is 4.79 Å². The Balaban J connectivity index is 1.91. The topological polar surface area (TPSA) is 49.6 Å². The lowest BCUT2D eigenvalue weighted by atomic mass is 10.1. The number of hydrogen-bond donors (Lipinski definition) is 0. The Morgan fingerprint density at radius 3 is 2.68 bits per heavy atom. The van der Waals surface area contributed by atoms with Crippen LogP contribution in [0.1, 0.15) is 22.5 Å². The third-order valence-electron chi connectivity index (χ3n) is 4.13. The average molecular weight is 299 g/mol. The first kappa shape index (κ1) is 14.8. The molecule has 1 aliphatic rings. The minimum Gasteiger partial charge on any atom is -0.360 e. The minimum absolute atomic E-state index is 0.0212. The molecule has 1 aliphatic heterocycles. The summed E-state index contributed by atoms with van der Waals surface area (Å²) in [5.41, 5.74) is 2.14. The molecule has 0 atom stereocenters. The molecule has 1 aromatic heterocycles. The van der Waals surface area contributed by atoms with Gasteiger partial charge in [0, 0.05) is 25.2 Å². The number of rotatable bonds is 2. The molecule has 1 saturated heterocycles. The number of aromatic nitrogens is 1. The van der Waals surface area contributed by atoms with Crippen molar-refractivity contribution >= 4 is 5.91 Å². The first-order valence-corrected chi connectivity index (χ1v) is 7.66. The number of hydrogen-bond acceptors (Lipinski definition) is 4. The van der Waals surface area contributed by atoms with Crippen molar-refractivity contribution in [1.29, 1.82) is 0 Å². The summed E-state index contributed by atoms with van der Waals surface area (Å²) in [5.74, 6) is 0.606. The van der Waals surface area contributed by atoms with E-state index in [-0.39, 0.29) is 5.91 Å². The van der Waals surface area contributed by atoms with Crippen LogP contribution >= 0.6 is 0 Å². The molecule has 22 heavy (non-hydrogen) atoms. The zero-order valence-corrected chi connectivity index (χ0v) is 13.1. The molecular formula is C17H21N3O2. The van der Waals surface area contributed by atoms with Gasteiger partial charge < -0.3 is 14.3 Å². The molecule has 0 aliphatic carbocycles. The minimum atomic E-state index is 0.0212. The third-order valence-corrected chi connectivity index (χ3v) is 4.13. The Kier molecular flexibility index (Phi) is 4.24. The Hall–Kier alpha value is -2.14. The molecule has 0 N–H and O–H groups in total. The SMILES string of the molecule is Cc1onc(-c2ccccc2)c1C(=O)N1CCCN(C)CC1. The maximum absolute atomic E-state index is 12.9. The van der Waals surface area contributed by atoms with Crippen LogP contribution in [-0.4, -0.2) is 54.1 Å². The van der Waals surface area contributed by atoms with Crippen LogP contribution in [0.5, 0.6) is 0 Å². The fourth-order valence-electron chi connectivity index (χ4n) is 2.82. The van der Waals surface area contributed by atoms with Gasteiger partial charge in [0.05, 0.1) is 0 Å². The summed E-state index contributed by atoms with van der Waals surface area (Å²) in [7, 11) is 2.09. The van der Waals surface area contributed by atoms with Gasteiger partial charge in [-0.1, -0.05) is 35.5 Å². The maximum Gasteiger partial charge on any atom is 0.259 e. The monoisotopic (exact) mass is 299 g/mol. The van der Waals surface area contributed by atoms with Crippen molar-refractivity contribution in [1.82, 2.24) is 15.0 Å². The standard InChI is InChI=1S/C17H21N3O2/c1-13-15(16(18-22-13)14-7-4-3-5-8-14)17(21)20-10-6-9-19(2)11-12-20/h3-5,7-8H,6,9-12H2,1-2H3. The number of nitrogens with zero attached hydrogens (tertiary/aromatic N) is 3. The van der Waals surface area contributed by atoms with Gasteiger partial charge >= 0.3 is 0 Å². The second-order valence-electron chi connectivity index (χ2n) is 5.78. The molecule has 116 valence electrons. The van der Waals surface area contributed by atoms with Crippen molar-refractivity contribution in [3.63, 3.8) is 0 Å². The third kappa shape index (κ3) is 2.90. The van der Waals surface area contributed by atoms with Crippen molar-refractivity contribution in [3.8, 4) is 11.3 Å². The summed E-state index contributed by atoms with van der Waals surface area (Å²) in [5, 5.41) is 4.11. The Bertz CT molecular complexity index is 651. The molecule has 1 amide bonds. The smallest absolute Gasteiger partial charge is 0.259 e. The van der Waals surface area contributed by atoms with Crippen LogP contribution in [0, 0.1) is 6.92 Å². The Morgan fingerprint density at radius 2 is 1.91 bits per heavy atom. The highest BCUT2D eigenvalue weighted by molar-refractivity contribution is 6.00. The van der Waals surface area contributed by atoms with Crippen LogP contribution in [-0.2, 0) is 0 Å². The van der Waals surface area contributed by atoms with Crippen LogP contribution in [0.2, 0.25) is 0 Å². The van der Waals surface area contributed by atoms with Gasteiger partial charge in [-0.05, 0) is 26.9 Å². The number of carbonyl (C=O) groups excluding carboxylic acids is 1. The predicted octanol–water partition coefficient (Wildman–Crippen LogP) is 2.43. The van der Waals surface area contributed by atoms with Gasteiger partial charge in [-0.25, -0.2) is 0 Å². The summed E-state index contributed by atoms with van der Waals surface area (Å²) in [6.07, 6.45) is 0.993. The molecule has 2 aromatic rings. The number of carbonyl (C=O) groups is 1. The first-order valence-electron chi connectivity index (χ1n) is 7.66. The quantitative estimate of drug-likeness (QED) is 0.854. The first-order chi connectivity index (χ1) is 10.7. The fraction of sp³-hybridized carbons (Fsp3) is 0.412. The predicted molar refractivity (Wildman–Crippen MR) is 84.7 cm³/mol. The van der Waals surface area contributed by atoms with Crippen LogP contribution in [0.4, 0.5) is 0 Å². The lowest BCUT2D eigenvalue weighted by molar-refractivity contribution is 0.0761. The van der Waals surface area contributed by atoms with Crippen LogP contribution in [0.15, 0.2) is 34.9 Å². The number of aryl methyl sites for hydroxylation is 1. The van der Waals surface area contributed by atoms with E-state index < -0.39 is 0 Å². The highest BCUT2D eigenvalue weighted by atomic mass is 16.5. The van der Waals surface area contributed by atoms with Crippen molar-refractivity contribution in [3.05, 3.63) is 41.7 Å². The molecule has 0 saturated carbocycles. The number of amides is 1. The molecule has 1 fully saturated rings. The van der Waals surface area contributed by atoms with Crippen molar-refractivity contribution < 1.29 is 9.32 Å². The van der Waals surface area contributed by atoms with Gasteiger partial charge in [-0.15, -0.1) is 0 Å². The van der Waals surface area contributed by atoms with Gasteiger partial charge in [-0.2, -0.15) is 0 Å². The average Bonchev–Trinajstić information content (AvgIpc) is 2.78. The molecule has 0 unspecified atom stereocenters. The maximum atomic E-state index is 12.9. The van der Waals surface area contributed by atoms with Crippen molar-refractivity contribution in [2.75, 3.05) is 33.2 Å². The highest BCUT2D eigenvalue weighted by Crippen LogP contribution is 2.26. The molecule has 0 spiro atoms. The van der Waals surface area contributed by atoms with E-state index in [0.717, 1.165) is 38.2 Å². The molecular weight excluding hydrogens is 278 g/mol. The van der Waals surface area contributed by atoms with E-state index in [1.807, 2.05) is 35.2 Å². The number of benzene rings is 1. The van der Waals surface area contributed by atoms with E-state index in [2.05, 4.69) is 17.1 Å². The van der Waals surface area contributed by atoms with E-state index in [1.165, 1.54) is 0 Å². The molecule has 0 radical (unpaired) electrons. The van der Waals surface area contributed by atoms with E-state index in [4.69, 9.17) is 4.52 Å². The normalized spacial score (nSPS) is 16.5. The lowest BCUT2D eigenvalue weighted by Crippen LogP contribution is -2.34. The lowest BCUT2D eigenvalue weighted by Gasteiger charge is -2.20. The van der Waals surface area contributed by atoms with E-state index in [1.54, 1.807) is 6.92 Å². The summed E-state index contributed by atoms with van der Waals surface area (Å²) >= 11 is 0. The highest BCUT2D eigenvalue weighted by Gasteiger charge is 2.26. The Labute approximate surface area is 130 Å². The van der Waals surface area contributed by atoms with Gasteiger partial charge in [0.15, 0.2) is 0 Å². The summed E-state index contributed by atoms with van der Waals surface area (Å²) < 4.78 is 5.31.